The molecule has 0 heterocycles. The SMILES string of the molecule is CC(=O)C(C(C)=O)c1ccc([N+](=O)[O-])cc1.O=[N+]([O-])c1ccc(I)cc1. The Morgan fingerprint density at radius 2 is 1.15 bits per heavy atom. The van der Waals surface area contributed by atoms with E-state index in [1.165, 1.54) is 50.2 Å². The van der Waals surface area contributed by atoms with Gasteiger partial charge in [-0.3, -0.25) is 29.8 Å². The Hall–Kier alpha value is -2.69. The van der Waals surface area contributed by atoms with Crippen molar-refractivity contribution < 1.29 is 19.4 Å². The summed E-state index contributed by atoms with van der Waals surface area (Å²) in [4.78, 5) is 42.1. The van der Waals surface area contributed by atoms with Gasteiger partial charge in [-0.15, -0.1) is 0 Å². The molecule has 0 bridgehead atoms. The van der Waals surface area contributed by atoms with Crippen molar-refractivity contribution in [3.8, 4) is 0 Å². The van der Waals surface area contributed by atoms with Crippen molar-refractivity contribution in [3.05, 3.63) is 77.9 Å². The normalized spacial score (nSPS) is 9.85. The molecule has 9 heteroatoms. The molecule has 136 valence electrons. The number of nitro benzene ring substituents is 2. The van der Waals surface area contributed by atoms with Crippen molar-refractivity contribution >= 4 is 45.5 Å². The van der Waals surface area contributed by atoms with Gasteiger partial charge < -0.3 is 0 Å². The minimum absolute atomic E-state index is 0.0606. The van der Waals surface area contributed by atoms with Crippen LogP contribution in [0.3, 0.4) is 0 Å². The molecule has 0 fully saturated rings. The molecule has 0 saturated heterocycles. The van der Waals surface area contributed by atoms with E-state index in [9.17, 15) is 29.8 Å². The third-order valence-corrected chi connectivity index (χ3v) is 4.01. The zero-order valence-electron chi connectivity index (χ0n) is 13.9. The van der Waals surface area contributed by atoms with Crippen molar-refractivity contribution in [1.29, 1.82) is 0 Å². The fraction of sp³-hybridized carbons (Fsp3) is 0.176. The third-order valence-electron chi connectivity index (χ3n) is 3.29. The van der Waals surface area contributed by atoms with Crippen LogP contribution in [0.2, 0.25) is 0 Å². The minimum Gasteiger partial charge on any atom is -0.299 e. The number of hydrogen-bond acceptors (Lipinski definition) is 6. The summed E-state index contributed by atoms with van der Waals surface area (Å²) >= 11 is 2.10. The zero-order valence-corrected chi connectivity index (χ0v) is 16.1. The molecule has 8 nitrogen and oxygen atoms in total. The smallest absolute Gasteiger partial charge is 0.269 e. The van der Waals surface area contributed by atoms with Crippen molar-refractivity contribution in [2.45, 2.75) is 19.8 Å². The Balaban J connectivity index is 0.000000289. The maximum atomic E-state index is 11.2. The molecule has 0 unspecified atom stereocenters. The van der Waals surface area contributed by atoms with Gasteiger partial charge in [-0.25, -0.2) is 0 Å². The molecule has 0 radical (unpaired) electrons. The lowest BCUT2D eigenvalue weighted by atomic mass is 9.92. The Kier molecular flexibility index (Phi) is 7.97. The second-order valence-corrected chi connectivity index (χ2v) is 6.48. The van der Waals surface area contributed by atoms with E-state index in [-0.39, 0.29) is 22.9 Å². The average Bonchev–Trinajstić information content (AvgIpc) is 2.55. The Morgan fingerprint density at radius 1 is 0.808 bits per heavy atom. The summed E-state index contributed by atoms with van der Waals surface area (Å²) < 4.78 is 1.00. The summed E-state index contributed by atoms with van der Waals surface area (Å²) in [6, 6.07) is 11.8. The highest BCUT2D eigenvalue weighted by Gasteiger charge is 2.22. The lowest BCUT2D eigenvalue weighted by Gasteiger charge is -2.09. The van der Waals surface area contributed by atoms with E-state index in [0.29, 0.717) is 5.56 Å². The molecule has 0 aliphatic heterocycles. The van der Waals surface area contributed by atoms with Crippen molar-refractivity contribution in [2.75, 3.05) is 0 Å². The van der Waals surface area contributed by atoms with Crippen LogP contribution in [0.5, 0.6) is 0 Å². The number of Topliss-reactive ketones (excluding diaryl/α,β-unsaturated/α-hetero) is 2. The number of benzene rings is 2. The maximum absolute atomic E-state index is 11.2. The average molecular weight is 470 g/mol. The molecule has 0 aliphatic carbocycles. The molecule has 26 heavy (non-hydrogen) atoms. The minimum atomic E-state index is -0.819. The number of rotatable bonds is 5. The van der Waals surface area contributed by atoms with E-state index in [1.807, 2.05) is 0 Å². The van der Waals surface area contributed by atoms with E-state index in [1.54, 1.807) is 12.1 Å². The number of carbonyl (C=O) groups excluding carboxylic acids is 2. The summed E-state index contributed by atoms with van der Waals surface area (Å²) in [6.45, 7) is 2.65. The molecule has 0 atom stereocenters. The van der Waals surface area contributed by atoms with Crippen LogP contribution >= 0.6 is 22.6 Å². The van der Waals surface area contributed by atoms with Gasteiger partial charge in [-0.05, 0) is 54.1 Å². The van der Waals surface area contributed by atoms with Crippen LogP contribution in [0.15, 0.2) is 48.5 Å². The van der Waals surface area contributed by atoms with Gasteiger partial charge in [-0.1, -0.05) is 12.1 Å². The number of non-ortho nitro benzene ring substituents is 2. The quantitative estimate of drug-likeness (QED) is 0.281. The van der Waals surface area contributed by atoms with E-state index < -0.39 is 15.8 Å². The Morgan fingerprint density at radius 3 is 1.46 bits per heavy atom. The van der Waals surface area contributed by atoms with Crippen LogP contribution in [0.4, 0.5) is 11.4 Å². The van der Waals surface area contributed by atoms with Crippen LogP contribution in [-0.4, -0.2) is 21.4 Å². The maximum Gasteiger partial charge on any atom is 0.269 e. The first kappa shape index (κ1) is 21.4. The van der Waals surface area contributed by atoms with Crippen LogP contribution in [-0.2, 0) is 9.59 Å². The number of ketones is 2. The van der Waals surface area contributed by atoms with Crippen LogP contribution < -0.4 is 0 Å². The summed E-state index contributed by atoms with van der Waals surface area (Å²) in [5, 5.41) is 20.5. The van der Waals surface area contributed by atoms with E-state index >= 15 is 0 Å². The van der Waals surface area contributed by atoms with Gasteiger partial charge in [0.15, 0.2) is 0 Å². The number of nitrogens with zero attached hydrogens (tertiary/aromatic N) is 2. The van der Waals surface area contributed by atoms with Gasteiger partial charge in [0, 0.05) is 27.8 Å². The third kappa shape index (κ3) is 6.31. The number of nitro groups is 2. The predicted octanol–water partition coefficient (Wildman–Crippen LogP) is 4.06. The number of carbonyl (C=O) groups is 2. The van der Waals surface area contributed by atoms with Gasteiger partial charge in [0.25, 0.3) is 11.4 Å². The lowest BCUT2D eigenvalue weighted by Crippen LogP contribution is -2.16. The molecular formula is C17H15IN2O6. The topological polar surface area (TPSA) is 120 Å². The van der Waals surface area contributed by atoms with Gasteiger partial charge in [0.05, 0.1) is 9.85 Å². The molecule has 2 rings (SSSR count). The first-order valence-corrected chi connectivity index (χ1v) is 8.36. The van der Waals surface area contributed by atoms with Crippen molar-refractivity contribution in [3.63, 3.8) is 0 Å². The van der Waals surface area contributed by atoms with Crippen LogP contribution in [0.1, 0.15) is 25.3 Å². The summed E-state index contributed by atoms with van der Waals surface area (Å²) in [5.74, 6) is -1.34. The summed E-state index contributed by atoms with van der Waals surface area (Å²) in [7, 11) is 0. The molecule has 0 aromatic heterocycles. The first-order chi connectivity index (χ1) is 12.1. The van der Waals surface area contributed by atoms with Gasteiger partial charge in [0.2, 0.25) is 0 Å². The molecule has 2 aromatic carbocycles. The number of hydrogen-bond donors (Lipinski definition) is 0. The summed E-state index contributed by atoms with van der Waals surface area (Å²) in [6.07, 6.45) is 0. The van der Waals surface area contributed by atoms with Gasteiger partial charge in [0.1, 0.15) is 17.5 Å². The lowest BCUT2D eigenvalue weighted by molar-refractivity contribution is -0.385. The molecule has 0 aliphatic rings. The second-order valence-electron chi connectivity index (χ2n) is 5.24. The Bertz CT molecular complexity index is 804. The standard InChI is InChI=1S/C11H11NO4.C6H4INO2/c1-7(13)11(8(2)14)9-3-5-10(6-4-9)12(15)16;7-5-1-3-6(4-2-5)8(9)10/h3-6,11H,1-2H3;1-4H. The predicted molar refractivity (Wildman–Crippen MR) is 103 cm³/mol. The molecule has 2 aromatic rings. The van der Waals surface area contributed by atoms with Crippen molar-refractivity contribution in [1.82, 2.24) is 0 Å². The largest absolute Gasteiger partial charge is 0.299 e. The fourth-order valence-electron chi connectivity index (χ4n) is 2.11. The highest BCUT2D eigenvalue weighted by Crippen LogP contribution is 2.21. The van der Waals surface area contributed by atoms with Crippen LogP contribution in [0.25, 0.3) is 0 Å². The highest BCUT2D eigenvalue weighted by atomic mass is 127. The second kappa shape index (κ2) is 9.70. The monoisotopic (exact) mass is 470 g/mol. The Labute approximate surface area is 162 Å². The van der Waals surface area contributed by atoms with Crippen LogP contribution in [0, 0.1) is 23.8 Å². The van der Waals surface area contributed by atoms with Crippen molar-refractivity contribution in [2.24, 2.45) is 0 Å². The highest BCUT2D eigenvalue weighted by molar-refractivity contribution is 14.1. The van der Waals surface area contributed by atoms with E-state index in [2.05, 4.69) is 22.6 Å². The number of halogens is 1. The fourth-order valence-corrected chi connectivity index (χ4v) is 2.47. The molecule has 0 saturated carbocycles. The van der Waals surface area contributed by atoms with E-state index in [0.717, 1.165) is 3.57 Å². The van der Waals surface area contributed by atoms with Gasteiger partial charge >= 0.3 is 0 Å². The first-order valence-electron chi connectivity index (χ1n) is 7.28. The summed E-state index contributed by atoms with van der Waals surface area (Å²) in [5.41, 5.74) is 0.570. The van der Waals surface area contributed by atoms with E-state index in [4.69, 9.17) is 0 Å². The molecule has 0 spiro atoms. The van der Waals surface area contributed by atoms with Gasteiger partial charge in [-0.2, -0.15) is 0 Å². The zero-order chi connectivity index (χ0) is 19.9. The molecule has 0 amide bonds. The molecule has 0 N–H and O–H groups in total. The molecular weight excluding hydrogens is 455 g/mol.